The Morgan fingerprint density at radius 1 is 1.30 bits per heavy atom. The summed E-state index contributed by atoms with van der Waals surface area (Å²) >= 11 is 0. The molecule has 8 heteroatoms. The number of primary sulfonamides is 1. The van der Waals surface area contributed by atoms with E-state index in [1.165, 1.54) is 25.6 Å². The Morgan fingerprint density at radius 3 is 2.60 bits per heavy atom. The third kappa shape index (κ3) is 3.43. The standard InChI is InChI=1S/C12H14N4O3S/c1-19-12-3-2-10(20(13,17)18)4-11(12)16-7-9-5-14-8-15-6-9/h2-6,8,16H,7H2,1H3,(H2,13,17,18). The van der Waals surface area contributed by atoms with Crippen molar-refractivity contribution in [2.75, 3.05) is 12.4 Å². The SMILES string of the molecule is COc1ccc(S(N)(=O)=O)cc1NCc1cncnc1. The van der Waals surface area contributed by atoms with Gasteiger partial charge in [0.15, 0.2) is 0 Å². The van der Waals surface area contributed by atoms with Crippen LogP contribution in [0.3, 0.4) is 0 Å². The average Bonchev–Trinajstić information content (AvgIpc) is 2.45. The fourth-order valence-corrected chi connectivity index (χ4v) is 2.16. The van der Waals surface area contributed by atoms with Crippen LogP contribution in [0, 0.1) is 0 Å². The summed E-state index contributed by atoms with van der Waals surface area (Å²) in [5, 5.41) is 8.18. The Labute approximate surface area is 116 Å². The second kappa shape index (κ2) is 5.85. The first kappa shape index (κ1) is 14.2. The molecule has 0 spiro atoms. The van der Waals surface area contributed by atoms with Crippen LogP contribution in [-0.2, 0) is 16.6 Å². The van der Waals surface area contributed by atoms with Crippen molar-refractivity contribution in [2.24, 2.45) is 5.14 Å². The predicted molar refractivity (Wildman–Crippen MR) is 73.7 cm³/mol. The van der Waals surface area contributed by atoms with E-state index < -0.39 is 10.0 Å². The van der Waals surface area contributed by atoms with E-state index in [-0.39, 0.29) is 4.90 Å². The summed E-state index contributed by atoms with van der Waals surface area (Å²) in [7, 11) is -2.25. The molecule has 0 saturated carbocycles. The molecule has 0 saturated heterocycles. The van der Waals surface area contributed by atoms with Crippen LogP contribution in [0.25, 0.3) is 0 Å². The van der Waals surface area contributed by atoms with Crippen molar-refractivity contribution in [1.29, 1.82) is 0 Å². The Balaban J connectivity index is 2.25. The molecule has 0 aliphatic rings. The third-order valence-electron chi connectivity index (χ3n) is 2.60. The molecule has 0 fully saturated rings. The molecule has 1 aromatic heterocycles. The molecular formula is C12H14N4O3S. The van der Waals surface area contributed by atoms with Crippen molar-refractivity contribution in [3.05, 3.63) is 42.5 Å². The maximum Gasteiger partial charge on any atom is 0.238 e. The predicted octanol–water partition coefficient (Wildman–Crippen LogP) is 0.745. The monoisotopic (exact) mass is 294 g/mol. The van der Waals surface area contributed by atoms with E-state index in [1.807, 2.05) is 0 Å². The third-order valence-corrected chi connectivity index (χ3v) is 3.51. The van der Waals surface area contributed by atoms with Crippen molar-refractivity contribution in [2.45, 2.75) is 11.4 Å². The van der Waals surface area contributed by atoms with E-state index in [0.29, 0.717) is 18.0 Å². The van der Waals surface area contributed by atoms with E-state index in [0.717, 1.165) is 5.56 Å². The van der Waals surface area contributed by atoms with Crippen molar-refractivity contribution in [1.82, 2.24) is 9.97 Å². The molecule has 20 heavy (non-hydrogen) atoms. The molecule has 7 nitrogen and oxygen atoms in total. The molecule has 1 heterocycles. The number of methoxy groups -OCH3 is 1. The first-order chi connectivity index (χ1) is 9.50. The number of hydrogen-bond acceptors (Lipinski definition) is 6. The Kier molecular flexibility index (Phi) is 4.16. The number of benzene rings is 1. The molecule has 0 atom stereocenters. The normalized spacial score (nSPS) is 11.1. The van der Waals surface area contributed by atoms with Gasteiger partial charge in [0.2, 0.25) is 10.0 Å². The molecule has 106 valence electrons. The molecule has 0 aliphatic heterocycles. The number of rotatable bonds is 5. The number of ether oxygens (including phenoxy) is 1. The molecule has 2 rings (SSSR count). The minimum atomic E-state index is -3.75. The van der Waals surface area contributed by atoms with Crippen molar-refractivity contribution < 1.29 is 13.2 Å². The number of aromatic nitrogens is 2. The molecule has 2 aromatic rings. The quantitative estimate of drug-likeness (QED) is 0.842. The molecule has 0 unspecified atom stereocenters. The van der Waals surface area contributed by atoms with Gasteiger partial charge in [0.1, 0.15) is 12.1 Å². The lowest BCUT2D eigenvalue weighted by molar-refractivity contribution is 0.416. The van der Waals surface area contributed by atoms with Gasteiger partial charge in [-0.2, -0.15) is 0 Å². The van der Waals surface area contributed by atoms with Gasteiger partial charge in [-0.1, -0.05) is 0 Å². The molecule has 0 aliphatic carbocycles. The lowest BCUT2D eigenvalue weighted by Crippen LogP contribution is -2.13. The summed E-state index contributed by atoms with van der Waals surface area (Å²) in [5.74, 6) is 0.522. The van der Waals surface area contributed by atoms with Crippen molar-refractivity contribution in [3.8, 4) is 5.75 Å². The van der Waals surface area contributed by atoms with Gasteiger partial charge in [0.25, 0.3) is 0 Å². The van der Waals surface area contributed by atoms with E-state index in [9.17, 15) is 8.42 Å². The fourth-order valence-electron chi connectivity index (χ4n) is 1.62. The lowest BCUT2D eigenvalue weighted by Gasteiger charge is -2.12. The molecule has 3 N–H and O–H groups in total. The first-order valence-electron chi connectivity index (χ1n) is 5.69. The van der Waals surface area contributed by atoms with Crippen LogP contribution in [-0.4, -0.2) is 25.5 Å². The van der Waals surface area contributed by atoms with E-state index >= 15 is 0 Å². The van der Waals surface area contributed by atoms with E-state index in [1.54, 1.807) is 18.5 Å². The summed E-state index contributed by atoms with van der Waals surface area (Å²) in [5.41, 5.74) is 1.39. The molecule has 0 bridgehead atoms. The number of anilines is 1. The minimum absolute atomic E-state index is 0.0186. The number of nitrogens with zero attached hydrogens (tertiary/aromatic N) is 2. The summed E-state index contributed by atoms with van der Waals surface area (Å²) < 4.78 is 27.9. The van der Waals surface area contributed by atoms with Crippen LogP contribution in [0.5, 0.6) is 5.75 Å². The maximum absolute atomic E-state index is 11.3. The molecule has 0 radical (unpaired) electrons. The van der Waals surface area contributed by atoms with Crippen molar-refractivity contribution >= 4 is 15.7 Å². The second-order valence-corrected chi connectivity index (χ2v) is 5.57. The van der Waals surface area contributed by atoms with Crippen LogP contribution >= 0.6 is 0 Å². The summed E-state index contributed by atoms with van der Waals surface area (Å²) in [6, 6.07) is 4.37. The van der Waals surface area contributed by atoms with Gasteiger partial charge in [-0.3, -0.25) is 0 Å². The Bertz CT molecular complexity index is 689. The smallest absolute Gasteiger partial charge is 0.238 e. The highest BCUT2D eigenvalue weighted by atomic mass is 32.2. The van der Waals surface area contributed by atoms with Gasteiger partial charge in [-0.15, -0.1) is 0 Å². The van der Waals surface area contributed by atoms with Gasteiger partial charge >= 0.3 is 0 Å². The highest BCUT2D eigenvalue weighted by Crippen LogP contribution is 2.27. The van der Waals surface area contributed by atoms with Crippen LogP contribution in [0.1, 0.15) is 5.56 Å². The van der Waals surface area contributed by atoms with Gasteiger partial charge in [0, 0.05) is 24.5 Å². The van der Waals surface area contributed by atoms with E-state index in [2.05, 4.69) is 15.3 Å². The zero-order valence-electron chi connectivity index (χ0n) is 10.8. The summed E-state index contributed by atoms with van der Waals surface area (Å²) in [6.07, 6.45) is 4.76. The Hall–Kier alpha value is -2.19. The van der Waals surface area contributed by atoms with Gasteiger partial charge in [-0.05, 0) is 18.2 Å². The van der Waals surface area contributed by atoms with Crippen molar-refractivity contribution in [3.63, 3.8) is 0 Å². The van der Waals surface area contributed by atoms with Gasteiger partial charge < -0.3 is 10.1 Å². The average molecular weight is 294 g/mol. The zero-order valence-corrected chi connectivity index (χ0v) is 11.6. The van der Waals surface area contributed by atoms with E-state index in [4.69, 9.17) is 9.88 Å². The number of nitrogens with two attached hydrogens (primary N) is 1. The van der Waals surface area contributed by atoms with Crippen LogP contribution < -0.4 is 15.2 Å². The van der Waals surface area contributed by atoms with Crippen LogP contribution in [0.15, 0.2) is 41.8 Å². The lowest BCUT2D eigenvalue weighted by atomic mass is 10.2. The van der Waals surface area contributed by atoms with Crippen LogP contribution in [0.2, 0.25) is 0 Å². The Morgan fingerprint density at radius 2 is 2.00 bits per heavy atom. The minimum Gasteiger partial charge on any atom is -0.495 e. The zero-order chi connectivity index (χ0) is 14.6. The topological polar surface area (TPSA) is 107 Å². The number of hydrogen-bond donors (Lipinski definition) is 2. The maximum atomic E-state index is 11.3. The summed E-state index contributed by atoms with van der Waals surface area (Å²) in [4.78, 5) is 7.81. The molecule has 1 aromatic carbocycles. The number of sulfonamides is 1. The largest absolute Gasteiger partial charge is 0.495 e. The van der Waals surface area contributed by atoms with Gasteiger partial charge in [0.05, 0.1) is 17.7 Å². The first-order valence-corrected chi connectivity index (χ1v) is 7.24. The second-order valence-electron chi connectivity index (χ2n) is 4.01. The fraction of sp³-hybridized carbons (Fsp3) is 0.167. The molecular weight excluding hydrogens is 280 g/mol. The molecule has 0 amide bonds. The van der Waals surface area contributed by atoms with Gasteiger partial charge in [-0.25, -0.2) is 23.5 Å². The number of nitrogens with one attached hydrogen (secondary N) is 1. The highest BCUT2D eigenvalue weighted by molar-refractivity contribution is 7.89. The summed E-state index contributed by atoms with van der Waals surface area (Å²) in [6.45, 7) is 0.436. The van der Waals surface area contributed by atoms with Crippen LogP contribution in [0.4, 0.5) is 5.69 Å². The highest BCUT2D eigenvalue weighted by Gasteiger charge is 2.11.